The molecule has 0 saturated heterocycles. The fraction of sp³-hybridized carbons (Fsp3) is 0.333. The zero-order valence-corrected chi connectivity index (χ0v) is 20.8. The number of ether oxygens (including phenoxy) is 2. The molecule has 1 N–H and O–H groups in total. The Kier molecular flexibility index (Phi) is 6.94. The van der Waals surface area contributed by atoms with Crippen LogP contribution in [0.25, 0.3) is 0 Å². The molecule has 6 heteroatoms. The maximum absolute atomic E-state index is 14.1. The number of carbonyl (C=O) groups excluding carboxylic acids is 2. The number of hydrogen-bond donors (Lipinski definition) is 1. The summed E-state index contributed by atoms with van der Waals surface area (Å²) in [6.07, 6.45) is 5.25. The van der Waals surface area contributed by atoms with Crippen molar-refractivity contribution in [2.24, 2.45) is 0 Å². The van der Waals surface area contributed by atoms with Crippen LogP contribution in [0, 0.1) is 0 Å². The zero-order chi connectivity index (χ0) is 25.1. The quantitative estimate of drug-likeness (QED) is 0.469. The van der Waals surface area contributed by atoms with E-state index < -0.39 is 12.0 Å². The summed E-state index contributed by atoms with van der Waals surface area (Å²) in [7, 11) is 3.22. The highest BCUT2D eigenvalue weighted by Gasteiger charge is 2.46. The van der Waals surface area contributed by atoms with Crippen LogP contribution in [-0.2, 0) is 4.79 Å². The molecule has 1 aliphatic heterocycles. The Balaban J connectivity index is 1.64. The molecule has 3 aromatic carbocycles. The number of anilines is 1. The van der Waals surface area contributed by atoms with Gasteiger partial charge >= 0.3 is 0 Å². The van der Waals surface area contributed by atoms with Gasteiger partial charge in [-0.1, -0.05) is 61.7 Å². The van der Waals surface area contributed by atoms with Crippen LogP contribution < -0.4 is 14.8 Å². The van der Waals surface area contributed by atoms with Crippen molar-refractivity contribution in [3.63, 3.8) is 0 Å². The van der Waals surface area contributed by atoms with E-state index in [1.54, 1.807) is 14.2 Å². The molecule has 6 nitrogen and oxygen atoms in total. The highest BCUT2D eigenvalue weighted by atomic mass is 16.5. The van der Waals surface area contributed by atoms with Crippen molar-refractivity contribution < 1.29 is 19.1 Å². The van der Waals surface area contributed by atoms with Gasteiger partial charge in [-0.05, 0) is 54.3 Å². The molecule has 5 rings (SSSR count). The van der Waals surface area contributed by atoms with E-state index in [9.17, 15) is 9.59 Å². The second-order valence-electron chi connectivity index (χ2n) is 9.48. The molecule has 1 aliphatic carbocycles. The number of carbonyl (C=O) groups is 2. The number of nitrogens with zero attached hydrogens (tertiary/aromatic N) is 1. The molecule has 36 heavy (non-hydrogen) atoms. The summed E-state index contributed by atoms with van der Waals surface area (Å²) in [6, 6.07) is 22.3. The highest BCUT2D eigenvalue weighted by Crippen LogP contribution is 2.46. The molecule has 2 aliphatic rings. The fourth-order valence-corrected chi connectivity index (χ4v) is 5.71. The number of rotatable bonds is 6. The van der Waals surface area contributed by atoms with Gasteiger partial charge in [0.05, 0.1) is 31.9 Å². The number of methoxy groups -OCH3 is 2. The maximum atomic E-state index is 14.1. The fourth-order valence-electron chi connectivity index (χ4n) is 5.71. The first-order chi connectivity index (χ1) is 17.6. The van der Waals surface area contributed by atoms with Crippen LogP contribution in [0.5, 0.6) is 11.5 Å². The molecule has 0 spiro atoms. The van der Waals surface area contributed by atoms with Gasteiger partial charge in [-0.15, -0.1) is 0 Å². The molecule has 1 saturated carbocycles. The molecular weight excluding hydrogens is 452 g/mol. The topological polar surface area (TPSA) is 67.9 Å². The van der Waals surface area contributed by atoms with Gasteiger partial charge in [0.1, 0.15) is 11.5 Å². The average molecular weight is 485 g/mol. The Morgan fingerprint density at radius 2 is 1.56 bits per heavy atom. The Morgan fingerprint density at radius 1 is 0.861 bits per heavy atom. The van der Waals surface area contributed by atoms with Gasteiger partial charge in [0.25, 0.3) is 5.91 Å². The zero-order valence-electron chi connectivity index (χ0n) is 20.8. The molecule has 0 unspecified atom stereocenters. The van der Waals surface area contributed by atoms with Crippen LogP contribution in [0.1, 0.15) is 65.5 Å². The maximum Gasteiger partial charge on any atom is 0.254 e. The lowest BCUT2D eigenvalue weighted by molar-refractivity contribution is -0.119. The minimum absolute atomic E-state index is 0.000315. The lowest BCUT2D eigenvalue weighted by Crippen LogP contribution is -2.51. The van der Waals surface area contributed by atoms with Crippen LogP contribution in [-0.4, -0.2) is 37.0 Å². The van der Waals surface area contributed by atoms with Gasteiger partial charge in [-0.25, -0.2) is 0 Å². The number of nitrogens with one attached hydrogen (secondary N) is 1. The summed E-state index contributed by atoms with van der Waals surface area (Å²) in [5, 5.41) is 3.11. The molecular formula is C30H32N2O4. The number of fused-ring (bicyclic) bond motifs is 1. The van der Waals surface area contributed by atoms with E-state index in [0.717, 1.165) is 42.6 Å². The normalized spacial score (nSPS) is 19.9. The first kappa shape index (κ1) is 23.9. The largest absolute Gasteiger partial charge is 0.497 e. The Labute approximate surface area is 212 Å². The predicted molar refractivity (Wildman–Crippen MR) is 140 cm³/mol. The summed E-state index contributed by atoms with van der Waals surface area (Å²) in [4.78, 5) is 30.1. The van der Waals surface area contributed by atoms with Gasteiger partial charge in [0.15, 0.2) is 0 Å². The van der Waals surface area contributed by atoms with Gasteiger partial charge in [-0.3, -0.25) is 9.59 Å². The smallest absolute Gasteiger partial charge is 0.254 e. The van der Waals surface area contributed by atoms with E-state index in [-0.39, 0.29) is 17.9 Å². The Bertz CT molecular complexity index is 1230. The van der Waals surface area contributed by atoms with Crippen molar-refractivity contribution in [1.29, 1.82) is 0 Å². The summed E-state index contributed by atoms with van der Waals surface area (Å²) >= 11 is 0. The minimum Gasteiger partial charge on any atom is -0.497 e. The number of hydrogen-bond acceptors (Lipinski definition) is 4. The van der Waals surface area contributed by atoms with E-state index in [1.165, 1.54) is 6.42 Å². The lowest BCUT2D eigenvalue weighted by Gasteiger charge is -2.46. The van der Waals surface area contributed by atoms with E-state index in [4.69, 9.17) is 9.47 Å². The van der Waals surface area contributed by atoms with Crippen molar-refractivity contribution in [2.75, 3.05) is 19.5 Å². The molecule has 186 valence electrons. The second-order valence-corrected chi connectivity index (χ2v) is 9.48. The van der Waals surface area contributed by atoms with Crippen LogP contribution in [0.3, 0.4) is 0 Å². The van der Waals surface area contributed by atoms with Crippen molar-refractivity contribution in [1.82, 2.24) is 4.90 Å². The van der Waals surface area contributed by atoms with Gasteiger partial charge in [0.2, 0.25) is 5.91 Å². The van der Waals surface area contributed by atoms with E-state index in [1.807, 2.05) is 77.7 Å². The number of amides is 2. The minimum atomic E-state index is -0.584. The molecule has 1 fully saturated rings. The number of benzene rings is 3. The van der Waals surface area contributed by atoms with E-state index in [2.05, 4.69) is 5.32 Å². The first-order valence-electron chi connectivity index (χ1n) is 12.6. The Morgan fingerprint density at radius 3 is 2.28 bits per heavy atom. The van der Waals surface area contributed by atoms with Gasteiger partial charge < -0.3 is 19.7 Å². The highest BCUT2D eigenvalue weighted by molar-refractivity contribution is 6.05. The van der Waals surface area contributed by atoms with Crippen molar-refractivity contribution in [3.05, 3.63) is 89.5 Å². The SMILES string of the molecule is COc1ccc([C@@H]2[C@H](C(=O)Nc3ccccc3OC)c3ccccc3C(=O)N2C2CCCCC2)cc1. The molecule has 0 bridgehead atoms. The summed E-state index contributed by atoms with van der Waals surface area (Å²) in [5.41, 5.74) is 2.89. The van der Waals surface area contributed by atoms with Crippen LogP contribution in [0.2, 0.25) is 0 Å². The third-order valence-electron chi connectivity index (χ3n) is 7.45. The van der Waals surface area contributed by atoms with E-state index in [0.29, 0.717) is 17.0 Å². The van der Waals surface area contributed by atoms with E-state index >= 15 is 0 Å². The Hall–Kier alpha value is -3.80. The number of para-hydroxylation sites is 2. The van der Waals surface area contributed by atoms with Crippen LogP contribution in [0.15, 0.2) is 72.8 Å². The summed E-state index contributed by atoms with van der Waals surface area (Å²) in [6.45, 7) is 0. The van der Waals surface area contributed by atoms with Gasteiger partial charge in [-0.2, -0.15) is 0 Å². The molecule has 1 heterocycles. The molecule has 0 aromatic heterocycles. The van der Waals surface area contributed by atoms with Crippen molar-refractivity contribution in [2.45, 2.75) is 50.1 Å². The van der Waals surface area contributed by atoms with Crippen molar-refractivity contribution >= 4 is 17.5 Å². The molecule has 2 amide bonds. The first-order valence-corrected chi connectivity index (χ1v) is 12.6. The predicted octanol–water partition coefficient (Wildman–Crippen LogP) is 5.96. The molecule has 3 aromatic rings. The third-order valence-corrected chi connectivity index (χ3v) is 7.45. The van der Waals surface area contributed by atoms with Crippen LogP contribution in [0.4, 0.5) is 5.69 Å². The second kappa shape index (κ2) is 10.4. The average Bonchev–Trinajstić information content (AvgIpc) is 2.93. The van der Waals surface area contributed by atoms with Crippen LogP contribution >= 0.6 is 0 Å². The van der Waals surface area contributed by atoms with Crippen molar-refractivity contribution in [3.8, 4) is 11.5 Å². The standard InChI is InChI=1S/C30H32N2O4/c1-35-22-18-16-20(17-19-22)28-27(29(33)31-25-14-8-9-15-26(25)36-2)23-12-6-7-13-24(23)30(34)32(28)21-10-4-3-5-11-21/h6-9,12-19,21,27-28H,3-5,10-11H2,1-2H3,(H,31,33)/t27-,28-/m1/s1. The third kappa shape index (κ3) is 4.43. The summed E-state index contributed by atoms with van der Waals surface area (Å²) < 4.78 is 10.9. The van der Waals surface area contributed by atoms with Gasteiger partial charge in [0, 0.05) is 11.6 Å². The molecule has 0 radical (unpaired) electrons. The monoisotopic (exact) mass is 484 g/mol. The summed E-state index contributed by atoms with van der Waals surface area (Å²) in [5.74, 6) is 0.580. The lowest BCUT2D eigenvalue weighted by atomic mass is 9.77. The molecule has 2 atom stereocenters.